The number of benzene rings is 3. The molecule has 0 saturated heterocycles. The number of halogens is 1. The molecule has 31 heavy (non-hydrogen) atoms. The first-order valence-electron chi connectivity index (χ1n) is 9.97. The van der Waals surface area contributed by atoms with Gasteiger partial charge in [-0.25, -0.2) is 14.8 Å². The van der Waals surface area contributed by atoms with Crippen LogP contribution in [0.3, 0.4) is 0 Å². The van der Waals surface area contributed by atoms with Gasteiger partial charge >= 0.3 is 5.97 Å². The zero-order valence-corrected chi connectivity index (χ0v) is 18.6. The second-order valence-electron chi connectivity index (χ2n) is 6.96. The number of esters is 1. The second-order valence-corrected chi connectivity index (χ2v) is 7.82. The highest BCUT2D eigenvalue weighted by molar-refractivity contribution is 9.10. The number of methoxy groups -OCH3 is 1. The summed E-state index contributed by atoms with van der Waals surface area (Å²) in [6, 6.07) is 23.0. The normalized spacial score (nSPS) is 10.8. The maximum atomic E-state index is 11.9. The van der Waals surface area contributed by atoms with Crippen molar-refractivity contribution in [3.63, 3.8) is 0 Å². The molecule has 0 spiro atoms. The van der Waals surface area contributed by atoms with Gasteiger partial charge in [-0.05, 0) is 59.1 Å². The van der Waals surface area contributed by atoms with Gasteiger partial charge in [0, 0.05) is 5.56 Å². The highest BCUT2D eigenvalue weighted by atomic mass is 79.9. The number of carbonyl (C=O) groups is 1. The van der Waals surface area contributed by atoms with Crippen LogP contribution in [0.2, 0.25) is 0 Å². The van der Waals surface area contributed by atoms with Crippen molar-refractivity contribution in [3.8, 4) is 17.0 Å². The molecule has 6 heteroatoms. The van der Waals surface area contributed by atoms with Gasteiger partial charge in [0.1, 0.15) is 5.75 Å². The van der Waals surface area contributed by atoms with Gasteiger partial charge in [-0.15, -0.1) is 0 Å². The quantitative estimate of drug-likeness (QED) is 0.247. The lowest BCUT2D eigenvalue weighted by atomic mass is 10.1. The van der Waals surface area contributed by atoms with Crippen LogP contribution >= 0.6 is 15.9 Å². The number of fused-ring (bicyclic) bond motifs is 1. The zero-order valence-electron chi connectivity index (χ0n) is 17.0. The Kier molecular flexibility index (Phi) is 6.57. The molecule has 5 nitrogen and oxygen atoms in total. The van der Waals surface area contributed by atoms with E-state index < -0.39 is 0 Å². The summed E-state index contributed by atoms with van der Waals surface area (Å²) in [7, 11) is 1.37. The fourth-order valence-electron chi connectivity index (χ4n) is 3.32. The average Bonchev–Trinajstić information content (AvgIpc) is 2.82. The first-order valence-corrected chi connectivity index (χ1v) is 10.8. The summed E-state index contributed by atoms with van der Waals surface area (Å²) < 4.78 is 11.7. The molecule has 0 aliphatic rings. The predicted octanol–water partition coefficient (Wildman–Crippen LogP) is 5.86. The van der Waals surface area contributed by atoms with E-state index >= 15 is 0 Å². The zero-order chi connectivity index (χ0) is 21.6. The summed E-state index contributed by atoms with van der Waals surface area (Å²) in [5, 5.41) is 0. The van der Waals surface area contributed by atoms with Crippen LogP contribution in [0.4, 0.5) is 0 Å². The summed E-state index contributed by atoms with van der Waals surface area (Å²) in [4.78, 5) is 21.6. The minimum atomic E-state index is -0.390. The number of hydrogen-bond acceptors (Lipinski definition) is 5. The third-order valence-electron chi connectivity index (χ3n) is 4.86. The van der Waals surface area contributed by atoms with Crippen molar-refractivity contribution in [1.82, 2.24) is 9.97 Å². The SMILES string of the molecule is COC(=O)c1ccc2nc(-c3ccccc3)c(CCCOc3ccccc3Br)nc2c1. The summed E-state index contributed by atoms with van der Waals surface area (Å²) in [5.74, 6) is 0.428. The van der Waals surface area contributed by atoms with E-state index in [0.717, 1.165) is 39.1 Å². The summed E-state index contributed by atoms with van der Waals surface area (Å²) in [6.07, 6.45) is 1.47. The topological polar surface area (TPSA) is 61.3 Å². The summed E-state index contributed by atoms with van der Waals surface area (Å²) >= 11 is 3.50. The van der Waals surface area contributed by atoms with Crippen molar-refractivity contribution < 1.29 is 14.3 Å². The molecule has 0 unspecified atom stereocenters. The van der Waals surface area contributed by atoms with Crippen molar-refractivity contribution in [3.05, 3.63) is 88.5 Å². The second kappa shape index (κ2) is 9.71. The van der Waals surface area contributed by atoms with Crippen LogP contribution < -0.4 is 4.74 Å². The van der Waals surface area contributed by atoms with Crippen molar-refractivity contribution in [2.24, 2.45) is 0 Å². The number of aromatic nitrogens is 2. The number of aryl methyl sites for hydroxylation is 1. The molecule has 0 fully saturated rings. The smallest absolute Gasteiger partial charge is 0.337 e. The number of hydrogen-bond donors (Lipinski definition) is 0. The lowest BCUT2D eigenvalue weighted by Gasteiger charge is -2.12. The van der Waals surface area contributed by atoms with E-state index in [2.05, 4.69) is 15.9 Å². The maximum Gasteiger partial charge on any atom is 0.337 e. The van der Waals surface area contributed by atoms with E-state index in [9.17, 15) is 4.79 Å². The van der Waals surface area contributed by atoms with Crippen molar-refractivity contribution in [1.29, 1.82) is 0 Å². The van der Waals surface area contributed by atoms with E-state index in [1.54, 1.807) is 18.2 Å². The van der Waals surface area contributed by atoms with Crippen molar-refractivity contribution >= 4 is 32.9 Å². The van der Waals surface area contributed by atoms with E-state index in [0.29, 0.717) is 24.1 Å². The standard InChI is InChI=1S/C25H21BrN2O3/c1-30-25(29)18-13-14-20-22(16-18)27-21(24(28-20)17-8-3-2-4-9-17)11-7-15-31-23-12-6-5-10-19(23)26/h2-6,8-10,12-14,16H,7,11,15H2,1H3. The van der Waals surface area contributed by atoms with Crippen LogP contribution in [-0.4, -0.2) is 29.7 Å². The summed E-state index contributed by atoms with van der Waals surface area (Å²) in [6.45, 7) is 0.554. The Labute approximate surface area is 189 Å². The van der Waals surface area contributed by atoms with Crippen molar-refractivity contribution in [2.45, 2.75) is 12.8 Å². The Morgan fingerprint density at radius 2 is 1.71 bits per heavy atom. The molecule has 156 valence electrons. The van der Waals surface area contributed by atoms with E-state index in [1.807, 2.05) is 54.6 Å². The lowest BCUT2D eigenvalue weighted by molar-refractivity contribution is 0.0601. The van der Waals surface area contributed by atoms with Gasteiger partial charge in [0.25, 0.3) is 0 Å². The highest BCUT2D eigenvalue weighted by Crippen LogP contribution is 2.26. The fourth-order valence-corrected chi connectivity index (χ4v) is 3.72. The Bertz CT molecular complexity index is 1210. The molecule has 1 aromatic heterocycles. The molecule has 0 N–H and O–H groups in total. The van der Waals surface area contributed by atoms with Gasteiger partial charge in [-0.1, -0.05) is 42.5 Å². The average molecular weight is 477 g/mol. The molecule has 0 aliphatic heterocycles. The lowest BCUT2D eigenvalue weighted by Crippen LogP contribution is -2.05. The maximum absolute atomic E-state index is 11.9. The van der Waals surface area contributed by atoms with Gasteiger partial charge in [0.2, 0.25) is 0 Å². The fraction of sp³-hybridized carbons (Fsp3) is 0.160. The molecule has 0 radical (unpaired) electrons. The van der Waals surface area contributed by atoms with Gasteiger partial charge in [-0.3, -0.25) is 0 Å². The number of ether oxygens (including phenoxy) is 2. The minimum absolute atomic E-state index is 0.390. The first-order chi connectivity index (χ1) is 15.2. The first kappa shape index (κ1) is 21.0. The Morgan fingerprint density at radius 3 is 2.48 bits per heavy atom. The van der Waals surface area contributed by atoms with Gasteiger partial charge in [0.05, 0.1) is 46.2 Å². The van der Waals surface area contributed by atoms with Crippen LogP contribution in [0.5, 0.6) is 5.75 Å². The van der Waals surface area contributed by atoms with Crippen LogP contribution in [0.25, 0.3) is 22.3 Å². The monoisotopic (exact) mass is 476 g/mol. The van der Waals surface area contributed by atoms with Crippen LogP contribution in [0.1, 0.15) is 22.5 Å². The minimum Gasteiger partial charge on any atom is -0.492 e. The van der Waals surface area contributed by atoms with Crippen LogP contribution in [0, 0.1) is 0 Å². The van der Waals surface area contributed by atoms with Crippen molar-refractivity contribution in [2.75, 3.05) is 13.7 Å². The highest BCUT2D eigenvalue weighted by Gasteiger charge is 2.13. The molecule has 0 atom stereocenters. The number of carbonyl (C=O) groups excluding carboxylic acids is 1. The van der Waals surface area contributed by atoms with E-state index in [-0.39, 0.29) is 5.97 Å². The Balaban J connectivity index is 1.62. The Morgan fingerprint density at radius 1 is 0.935 bits per heavy atom. The summed E-state index contributed by atoms with van der Waals surface area (Å²) in [5.41, 5.74) is 4.59. The molecular formula is C25H21BrN2O3. The van der Waals surface area contributed by atoms with Crippen LogP contribution in [0.15, 0.2) is 77.3 Å². The molecule has 0 amide bonds. The number of para-hydroxylation sites is 1. The predicted molar refractivity (Wildman–Crippen MR) is 124 cm³/mol. The molecule has 4 aromatic rings. The number of nitrogens with zero attached hydrogens (tertiary/aromatic N) is 2. The molecular weight excluding hydrogens is 456 g/mol. The van der Waals surface area contributed by atoms with Gasteiger partial charge < -0.3 is 9.47 Å². The van der Waals surface area contributed by atoms with Crippen LogP contribution in [-0.2, 0) is 11.2 Å². The largest absolute Gasteiger partial charge is 0.492 e. The molecule has 0 aliphatic carbocycles. The van der Waals surface area contributed by atoms with E-state index in [4.69, 9.17) is 19.4 Å². The molecule has 0 bridgehead atoms. The molecule has 1 heterocycles. The molecule has 4 rings (SSSR count). The van der Waals surface area contributed by atoms with E-state index in [1.165, 1.54) is 7.11 Å². The van der Waals surface area contributed by atoms with Gasteiger partial charge in [0.15, 0.2) is 0 Å². The third-order valence-corrected chi connectivity index (χ3v) is 5.51. The molecule has 0 saturated carbocycles. The van der Waals surface area contributed by atoms with Gasteiger partial charge in [-0.2, -0.15) is 0 Å². The number of rotatable bonds is 7. The molecule has 3 aromatic carbocycles. The third kappa shape index (κ3) is 4.91. The Hall–Kier alpha value is -3.25.